The summed E-state index contributed by atoms with van der Waals surface area (Å²) in [7, 11) is 2.16. The largest absolute Gasteiger partial charge is 0.444 e. The molecule has 0 unspecified atom stereocenters. The molecule has 1 N–H and O–H groups in total. The number of halogens is 1. The maximum absolute atomic E-state index is 13.8. The lowest BCUT2D eigenvalue weighted by Crippen LogP contribution is -2.58. The minimum atomic E-state index is -0.539. The Bertz CT molecular complexity index is 1670. The Morgan fingerprint density at radius 3 is 2.22 bits per heavy atom. The number of nitrogens with zero attached hydrogens (tertiary/aromatic N) is 3. The maximum atomic E-state index is 13.8. The van der Waals surface area contributed by atoms with E-state index in [0.717, 1.165) is 53.8 Å². The first-order valence-electron chi connectivity index (χ1n) is 16.1. The van der Waals surface area contributed by atoms with Crippen molar-refractivity contribution in [2.24, 2.45) is 5.41 Å². The lowest BCUT2D eigenvalue weighted by atomic mass is 9.59. The number of carbonyl (C=O) groups excluding carboxylic acids is 2. The molecule has 1 saturated carbocycles. The number of carbonyl (C=O) groups is 2. The van der Waals surface area contributed by atoms with Gasteiger partial charge in [0.25, 0.3) is 5.91 Å². The van der Waals surface area contributed by atoms with Crippen LogP contribution in [0.4, 0.5) is 9.18 Å². The number of aromatic nitrogens is 1. The molecule has 1 atom stereocenters. The van der Waals surface area contributed by atoms with Gasteiger partial charge in [0.2, 0.25) is 0 Å². The molecule has 3 aromatic rings. The number of benzene rings is 2. The summed E-state index contributed by atoms with van der Waals surface area (Å²) in [4.78, 5) is 34.1. The summed E-state index contributed by atoms with van der Waals surface area (Å²) in [5, 5.41) is 3.12. The van der Waals surface area contributed by atoms with Crippen LogP contribution in [0.2, 0.25) is 0 Å². The van der Waals surface area contributed by atoms with Crippen LogP contribution in [0, 0.1) is 11.2 Å². The third-order valence-electron chi connectivity index (χ3n) is 9.15. The van der Waals surface area contributed by atoms with Crippen LogP contribution in [0.15, 0.2) is 78.6 Å². The number of ether oxygens (including phenoxy) is 1. The van der Waals surface area contributed by atoms with Crippen LogP contribution in [0.3, 0.4) is 0 Å². The Morgan fingerprint density at radius 1 is 0.978 bits per heavy atom. The smallest absolute Gasteiger partial charge is 0.410 e. The summed E-state index contributed by atoms with van der Waals surface area (Å²) in [5.74, 6) is -0.433. The highest BCUT2D eigenvalue weighted by Gasteiger charge is 2.49. The van der Waals surface area contributed by atoms with Gasteiger partial charge in [-0.2, -0.15) is 0 Å². The molecule has 1 spiro atoms. The first-order chi connectivity index (χ1) is 21.9. The highest BCUT2D eigenvalue weighted by atomic mass is 19.1. The normalized spacial score (nSPS) is 18.3. The fourth-order valence-corrected chi connectivity index (χ4v) is 7.01. The Labute approximate surface area is 271 Å². The standard InChI is InChI=1S/C38H43FN4O3/c1-25(41-35(44)31-18-30(21-40-22-31)27-14-16-43(17-15-27)36(45)46-37(2,3)4)26-6-8-28(9-7-26)34(29-10-12-33(39)13-11-29)32-19-38(20-32)23-42(5)24-38/h6-14,18,21-22,25H,15-17,19-20,23-24H2,1-5H3,(H,41,44)/t25-/m1/s1. The van der Waals surface area contributed by atoms with E-state index in [1.165, 1.54) is 23.3 Å². The van der Waals surface area contributed by atoms with Crippen molar-refractivity contribution in [1.82, 2.24) is 20.1 Å². The molecule has 46 heavy (non-hydrogen) atoms. The summed E-state index contributed by atoms with van der Waals surface area (Å²) in [6, 6.07) is 16.8. The maximum Gasteiger partial charge on any atom is 0.410 e. The van der Waals surface area contributed by atoms with Crippen LogP contribution < -0.4 is 5.32 Å². The Hall–Kier alpha value is -4.30. The van der Waals surface area contributed by atoms with Crippen molar-refractivity contribution in [3.8, 4) is 0 Å². The van der Waals surface area contributed by atoms with Crippen LogP contribution in [0.5, 0.6) is 0 Å². The molecule has 3 aliphatic rings. The average molecular weight is 623 g/mol. The Balaban J connectivity index is 1.12. The van der Waals surface area contributed by atoms with Gasteiger partial charge in [-0.15, -0.1) is 0 Å². The zero-order valence-corrected chi connectivity index (χ0v) is 27.4. The van der Waals surface area contributed by atoms with Crippen LogP contribution in [-0.2, 0) is 4.74 Å². The van der Waals surface area contributed by atoms with Gasteiger partial charge in [-0.1, -0.05) is 48.0 Å². The molecular formula is C38H43FN4O3. The molecule has 2 amide bonds. The van der Waals surface area contributed by atoms with E-state index < -0.39 is 5.60 Å². The third-order valence-corrected chi connectivity index (χ3v) is 9.15. The predicted molar refractivity (Wildman–Crippen MR) is 179 cm³/mol. The molecule has 1 aliphatic carbocycles. The lowest BCUT2D eigenvalue weighted by Gasteiger charge is -2.56. The molecule has 0 bridgehead atoms. The minimum Gasteiger partial charge on any atom is -0.444 e. The second-order valence-corrected chi connectivity index (χ2v) is 14.2. The van der Waals surface area contributed by atoms with E-state index in [1.807, 2.05) is 52.0 Å². The van der Waals surface area contributed by atoms with Crippen molar-refractivity contribution < 1.29 is 18.7 Å². The van der Waals surface area contributed by atoms with Gasteiger partial charge in [0.1, 0.15) is 11.4 Å². The fourth-order valence-electron chi connectivity index (χ4n) is 7.01. The Kier molecular flexibility index (Phi) is 8.59. The molecule has 6 rings (SSSR count). The van der Waals surface area contributed by atoms with Crippen molar-refractivity contribution in [1.29, 1.82) is 0 Å². The minimum absolute atomic E-state index is 0.197. The topological polar surface area (TPSA) is 74.8 Å². The number of hydrogen-bond donors (Lipinski definition) is 1. The van der Waals surface area contributed by atoms with E-state index >= 15 is 0 Å². The van der Waals surface area contributed by atoms with Gasteiger partial charge in [-0.3, -0.25) is 9.78 Å². The van der Waals surface area contributed by atoms with Gasteiger partial charge < -0.3 is 19.9 Å². The molecule has 0 radical (unpaired) electrons. The molecule has 2 fully saturated rings. The van der Waals surface area contributed by atoms with Crippen LogP contribution >= 0.6 is 0 Å². The third kappa shape index (κ3) is 6.92. The van der Waals surface area contributed by atoms with E-state index in [-0.39, 0.29) is 23.9 Å². The summed E-state index contributed by atoms with van der Waals surface area (Å²) in [6.45, 7) is 10.8. The number of nitrogens with one attached hydrogen (secondary N) is 1. The van der Waals surface area contributed by atoms with E-state index in [2.05, 4.69) is 46.5 Å². The quantitative estimate of drug-likeness (QED) is 0.313. The van der Waals surface area contributed by atoms with Crippen LogP contribution in [0.1, 0.15) is 85.6 Å². The number of likely N-dealkylation sites (tertiary alicyclic amines) is 1. The molecule has 2 aliphatic heterocycles. The van der Waals surface area contributed by atoms with Crippen molar-refractivity contribution in [2.75, 3.05) is 33.2 Å². The summed E-state index contributed by atoms with van der Waals surface area (Å²) in [6.07, 6.45) is 7.82. The van der Waals surface area contributed by atoms with E-state index in [4.69, 9.17) is 4.74 Å². The van der Waals surface area contributed by atoms with Gasteiger partial charge >= 0.3 is 6.09 Å². The summed E-state index contributed by atoms with van der Waals surface area (Å²) >= 11 is 0. The highest BCUT2D eigenvalue weighted by Crippen LogP contribution is 2.54. The first kappa shape index (κ1) is 31.7. The van der Waals surface area contributed by atoms with Gasteiger partial charge in [0.05, 0.1) is 11.6 Å². The molecule has 1 saturated heterocycles. The van der Waals surface area contributed by atoms with E-state index in [0.29, 0.717) is 30.5 Å². The number of amides is 2. The predicted octanol–water partition coefficient (Wildman–Crippen LogP) is 7.26. The second-order valence-electron chi connectivity index (χ2n) is 14.2. The number of allylic oxidation sites excluding steroid dienone is 1. The van der Waals surface area contributed by atoms with Crippen LogP contribution in [0.25, 0.3) is 11.1 Å². The number of pyridine rings is 1. The fraction of sp³-hybridized carbons (Fsp3) is 0.395. The monoisotopic (exact) mass is 622 g/mol. The number of rotatable bonds is 6. The molecule has 3 heterocycles. The van der Waals surface area contributed by atoms with E-state index in [9.17, 15) is 14.0 Å². The van der Waals surface area contributed by atoms with E-state index in [1.54, 1.807) is 17.3 Å². The average Bonchev–Trinajstić information content (AvgIpc) is 2.99. The SMILES string of the molecule is C[C@@H](NC(=O)c1cncc(C2=CCN(C(=O)OC(C)(C)C)CC2)c1)c1ccc(C(=C2CC3(C2)CN(C)C3)c2ccc(F)cc2)cc1. The lowest BCUT2D eigenvalue weighted by molar-refractivity contribution is -0.0106. The zero-order valence-electron chi connectivity index (χ0n) is 27.4. The molecular weight excluding hydrogens is 579 g/mol. The Morgan fingerprint density at radius 2 is 1.63 bits per heavy atom. The van der Waals surface area contributed by atoms with Gasteiger partial charge in [-0.05, 0) is 106 Å². The van der Waals surface area contributed by atoms with Crippen molar-refractivity contribution in [3.05, 3.63) is 112 Å². The molecule has 7 nitrogen and oxygen atoms in total. The first-order valence-corrected chi connectivity index (χ1v) is 16.1. The summed E-state index contributed by atoms with van der Waals surface area (Å²) < 4.78 is 19.3. The van der Waals surface area contributed by atoms with Crippen molar-refractivity contribution in [3.63, 3.8) is 0 Å². The van der Waals surface area contributed by atoms with Gasteiger partial charge in [0, 0.05) is 44.0 Å². The molecule has 8 heteroatoms. The molecule has 2 aromatic carbocycles. The van der Waals surface area contributed by atoms with Gasteiger partial charge in [-0.25, -0.2) is 9.18 Å². The second kappa shape index (κ2) is 12.5. The van der Waals surface area contributed by atoms with Crippen molar-refractivity contribution >= 4 is 23.1 Å². The molecule has 1 aromatic heterocycles. The molecule has 240 valence electrons. The van der Waals surface area contributed by atoms with Crippen molar-refractivity contribution in [2.45, 2.75) is 58.6 Å². The van der Waals surface area contributed by atoms with Crippen LogP contribution in [-0.4, -0.2) is 65.6 Å². The summed E-state index contributed by atoms with van der Waals surface area (Å²) in [5.41, 5.74) is 8.02. The number of hydrogen-bond acceptors (Lipinski definition) is 5. The van der Waals surface area contributed by atoms with Gasteiger partial charge in [0.15, 0.2) is 0 Å². The zero-order chi connectivity index (χ0) is 32.6. The highest BCUT2D eigenvalue weighted by molar-refractivity contribution is 5.95.